The predicted octanol–water partition coefficient (Wildman–Crippen LogP) is 4.71. The number of nitrogens with zero attached hydrogens (tertiary/aromatic N) is 1. The maximum absolute atomic E-state index is 11.3. The van der Waals surface area contributed by atoms with Gasteiger partial charge in [0.1, 0.15) is 0 Å². The number of hydrogen-bond donors (Lipinski definition) is 1. The topological polar surface area (TPSA) is 40.5 Å². The van der Waals surface area contributed by atoms with E-state index in [2.05, 4.69) is 20.8 Å². The van der Waals surface area contributed by atoms with Crippen LogP contribution in [-0.2, 0) is 11.3 Å². The van der Waals surface area contributed by atoms with E-state index in [1.807, 2.05) is 25.2 Å². The SMILES string of the molecule is CN(Cc1cc(Br)ccc1Cl)C1(CC(=O)O)CCCCC1. The molecule has 1 saturated carbocycles. The Balaban J connectivity index is 2.19. The molecule has 21 heavy (non-hydrogen) atoms. The molecule has 116 valence electrons. The fourth-order valence-corrected chi connectivity index (χ4v) is 3.86. The number of hydrogen-bond acceptors (Lipinski definition) is 2. The van der Waals surface area contributed by atoms with Gasteiger partial charge in [-0.1, -0.05) is 46.8 Å². The van der Waals surface area contributed by atoms with Crippen LogP contribution >= 0.6 is 27.5 Å². The van der Waals surface area contributed by atoms with Gasteiger partial charge in [0.25, 0.3) is 0 Å². The predicted molar refractivity (Wildman–Crippen MR) is 88.7 cm³/mol. The quantitative estimate of drug-likeness (QED) is 0.811. The molecule has 0 radical (unpaired) electrons. The Hall–Kier alpha value is -0.580. The number of carboxylic acids is 1. The number of carboxylic acid groups (broad SMARTS) is 1. The van der Waals surface area contributed by atoms with Crippen LogP contribution in [0.5, 0.6) is 0 Å². The van der Waals surface area contributed by atoms with Gasteiger partial charge in [0.2, 0.25) is 0 Å². The highest BCUT2D eigenvalue weighted by Crippen LogP contribution is 2.37. The zero-order valence-corrected chi connectivity index (χ0v) is 14.6. The molecule has 1 N–H and O–H groups in total. The van der Waals surface area contributed by atoms with Crippen molar-refractivity contribution in [3.8, 4) is 0 Å². The average Bonchev–Trinajstić information content (AvgIpc) is 2.43. The van der Waals surface area contributed by atoms with Gasteiger partial charge in [-0.3, -0.25) is 9.69 Å². The highest BCUT2D eigenvalue weighted by atomic mass is 79.9. The summed E-state index contributed by atoms with van der Waals surface area (Å²) in [5.41, 5.74) is 0.791. The Labute approximate surface area is 139 Å². The molecule has 1 aliphatic rings. The molecule has 0 bridgehead atoms. The van der Waals surface area contributed by atoms with Gasteiger partial charge in [-0.2, -0.15) is 0 Å². The maximum Gasteiger partial charge on any atom is 0.305 e. The van der Waals surface area contributed by atoms with Gasteiger partial charge in [-0.25, -0.2) is 0 Å². The number of carbonyl (C=O) groups is 1. The molecule has 0 atom stereocenters. The van der Waals surface area contributed by atoms with Crippen molar-refractivity contribution in [1.82, 2.24) is 4.90 Å². The summed E-state index contributed by atoms with van der Waals surface area (Å²) in [5.74, 6) is -0.718. The van der Waals surface area contributed by atoms with Crippen molar-refractivity contribution >= 4 is 33.5 Å². The van der Waals surface area contributed by atoms with Crippen LogP contribution in [-0.4, -0.2) is 28.6 Å². The molecule has 0 amide bonds. The number of halogens is 2. The Morgan fingerprint density at radius 1 is 1.38 bits per heavy atom. The van der Waals surface area contributed by atoms with Crippen LogP contribution in [0.15, 0.2) is 22.7 Å². The molecule has 5 heteroatoms. The van der Waals surface area contributed by atoms with Gasteiger partial charge in [-0.15, -0.1) is 0 Å². The molecule has 0 aromatic heterocycles. The van der Waals surface area contributed by atoms with E-state index in [9.17, 15) is 9.90 Å². The van der Waals surface area contributed by atoms with E-state index in [1.54, 1.807) is 0 Å². The van der Waals surface area contributed by atoms with E-state index in [0.717, 1.165) is 40.7 Å². The summed E-state index contributed by atoms with van der Waals surface area (Å²) in [6.45, 7) is 0.672. The van der Waals surface area contributed by atoms with Crippen molar-refractivity contribution in [1.29, 1.82) is 0 Å². The minimum absolute atomic E-state index is 0.203. The highest BCUT2D eigenvalue weighted by molar-refractivity contribution is 9.10. The van der Waals surface area contributed by atoms with Gasteiger partial charge in [0, 0.05) is 21.6 Å². The molecule has 0 saturated heterocycles. The van der Waals surface area contributed by atoms with Gasteiger partial charge in [0.05, 0.1) is 6.42 Å². The lowest BCUT2D eigenvalue weighted by atomic mass is 9.78. The summed E-state index contributed by atoms with van der Waals surface area (Å²) < 4.78 is 0.992. The summed E-state index contributed by atoms with van der Waals surface area (Å²) in [6, 6.07) is 5.80. The first-order valence-electron chi connectivity index (χ1n) is 7.30. The van der Waals surface area contributed by atoms with Crippen molar-refractivity contribution in [2.75, 3.05) is 7.05 Å². The zero-order valence-electron chi connectivity index (χ0n) is 12.2. The fraction of sp³-hybridized carbons (Fsp3) is 0.562. The molecule has 1 aromatic rings. The first-order chi connectivity index (χ1) is 9.93. The molecule has 0 spiro atoms. The molecular weight excluding hydrogens is 354 g/mol. The summed E-state index contributed by atoms with van der Waals surface area (Å²) in [7, 11) is 2.02. The minimum atomic E-state index is -0.718. The first-order valence-corrected chi connectivity index (χ1v) is 8.47. The second-order valence-corrected chi connectivity index (χ2v) is 7.27. The number of rotatable bonds is 5. The lowest BCUT2D eigenvalue weighted by molar-refractivity contribution is -0.141. The van der Waals surface area contributed by atoms with Gasteiger partial charge in [0.15, 0.2) is 0 Å². The Morgan fingerprint density at radius 3 is 2.67 bits per heavy atom. The second-order valence-electron chi connectivity index (χ2n) is 5.95. The summed E-state index contributed by atoms with van der Waals surface area (Å²) in [4.78, 5) is 13.5. The molecular formula is C16H21BrClNO2. The van der Waals surface area contributed by atoms with E-state index >= 15 is 0 Å². The van der Waals surface area contributed by atoms with Crippen LogP contribution in [0.2, 0.25) is 5.02 Å². The lowest BCUT2D eigenvalue weighted by Crippen LogP contribution is -2.49. The number of aliphatic carboxylic acids is 1. The lowest BCUT2D eigenvalue weighted by Gasteiger charge is -2.44. The third kappa shape index (κ3) is 4.21. The van der Waals surface area contributed by atoms with Crippen molar-refractivity contribution in [2.45, 2.75) is 50.6 Å². The van der Waals surface area contributed by atoms with Crippen LogP contribution < -0.4 is 0 Å². The Bertz CT molecular complexity index is 515. The maximum atomic E-state index is 11.3. The Kier molecular flexibility index (Phi) is 5.69. The normalized spacial score (nSPS) is 17.9. The van der Waals surface area contributed by atoms with E-state index in [4.69, 9.17) is 11.6 Å². The average molecular weight is 375 g/mol. The fourth-order valence-electron chi connectivity index (χ4n) is 3.27. The molecule has 0 unspecified atom stereocenters. The summed E-state index contributed by atoms with van der Waals surface area (Å²) in [6.07, 6.45) is 5.50. The standard InChI is InChI=1S/C16H21BrClNO2/c1-19(11-12-9-13(17)5-6-14(12)18)16(10-15(20)21)7-3-2-4-8-16/h5-6,9H,2-4,7-8,10-11H2,1H3,(H,20,21). The zero-order chi connectivity index (χ0) is 15.5. The van der Waals surface area contributed by atoms with Gasteiger partial charge < -0.3 is 5.11 Å². The molecule has 0 aliphatic heterocycles. The van der Waals surface area contributed by atoms with E-state index < -0.39 is 5.97 Å². The smallest absolute Gasteiger partial charge is 0.305 e. The molecule has 1 aliphatic carbocycles. The molecule has 3 nitrogen and oxygen atoms in total. The monoisotopic (exact) mass is 373 g/mol. The van der Waals surface area contributed by atoms with Crippen molar-refractivity contribution in [3.63, 3.8) is 0 Å². The first kappa shape index (κ1) is 16.8. The minimum Gasteiger partial charge on any atom is -0.481 e. The molecule has 1 fully saturated rings. The highest BCUT2D eigenvalue weighted by Gasteiger charge is 2.38. The summed E-state index contributed by atoms with van der Waals surface area (Å²) in [5, 5.41) is 10.0. The van der Waals surface area contributed by atoms with Crippen LogP contribution in [0.1, 0.15) is 44.1 Å². The van der Waals surface area contributed by atoms with Crippen LogP contribution in [0.3, 0.4) is 0 Å². The van der Waals surface area contributed by atoms with Gasteiger partial charge >= 0.3 is 5.97 Å². The largest absolute Gasteiger partial charge is 0.481 e. The number of benzene rings is 1. The van der Waals surface area contributed by atoms with E-state index in [0.29, 0.717) is 6.54 Å². The van der Waals surface area contributed by atoms with Crippen molar-refractivity contribution in [2.24, 2.45) is 0 Å². The Morgan fingerprint density at radius 2 is 2.05 bits per heavy atom. The van der Waals surface area contributed by atoms with E-state index in [1.165, 1.54) is 6.42 Å². The molecule has 0 heterocycles. The third-order valence-electron chi connectivity index (χ3n) is 4.49. The van der Waals surface area contributed by atoms with Crippen LogP contribution in [0.4, 0.5) is 0 Å². The molecule has 1 aromatic carbocycles. The summed E-state index contributed by atoms with van der Waals surface area (Å²) >= 11 is 9.73. The van der Waals surface area contributed by atoms with Crippen molar-refractivity contribution in [3.05, 3.63) is 33.3 Å². The van der Waals surface area contributed by atoms with Crippen molar-refractivity contribution < 1.29 is 9.90 Å². The third-order valence-corrected chi connectivity index (χ3v) is 5.35. The van der Waals surface area contributed by atoms with Crippen LogP contribution in [0, 0.1) is 0 Å². The molecule has 2 rings (SSSR count). The van der Waals surface area contributed by atoms with Gasteiger partial charge in [-0.05, 0) is 43.7 Å². The van der Waals surface area contributed by atoms with E-state index in [-0.39, 0.29) is 12.0 Å². The second kappa shape index (κ2) is 7.12. The van der Waals surface area contributed by atoms with Crippen LogP contribution in [0.25, 0.3) is 0 Å².